The molecule has 17 heavy (non-hydrogen) atoms. The average molecular weight is 233 g/mol. The summed E-state index contributed by atoms with van der Waals surface area (Å²) in [5.41, 5.74) is 5.53. The third kappa shape index (κ3) is 2.05. The predicted octanol–water partition coefficient (Wildman–Crippen LogP) is -0.0928. The number of hydrogen-bond donors (Lipinski definition) is 2. The van der Waals surface area contributed by atoms with Crippen molar-refractivity contribution in [2.75, 3.05) is 0 Å². The summed E-state index contributed by atoms with van der Waals surface area (Å²) in [5, 5.41) is 15.6. The smallest absolute Gasteiger partial charge is 0.252 e. The summed E-state index contributed by atoms with van der Waals surface area (Å²) >= 11 is 0. The highest BCUT2D eigenvalue weighted by Crippen LogP contribution is 2.13. The van der Waals surface area contributed by atoms with Crippen LogP contribution in [0.15, 0.2) is 29.9 Å². The van der Waals surface area contributed by atoms with Crippen LogP contribution in [0.1, 0.15) is 18.7 Å². The third-order valence-electron chi connectivity index (χ3n) is 2.26. The maximum Gasteiger partial charge on any atom is 0.252 e. The van der Waals surface area contributed by atoms with E-state index in [1.807, 2.05) is 0 Å². The first kappa shape index (κ1) is 11.0. The minimum atomic E-state index is -0.383. The van der Waals surface area contributed by atoms with Gasteiger partial charge in [0.1, 0.15) is 18.0 Å². The van der Waals surface area contributed by atoms with Crippen LogP contribution < -0.4 is 5.73 Å². The van der Waals surface area contributed by atoms with E-state index < -0.39 is 0 Å². The zero-order valence-corrected chi connectivity index (χ0v) is 9.09. The Morgan fingerprint density at radius 3 is 2.76 bits per heavy atom. The summed E-state index contributed by atoms with van der Waals surface area (Å²) in [6.45, 7) is 1.75. The Kier molecular flexibility index (Phi) is 2.95. The van der Waals surface area contributed by atoms with Crippen molar-refractivity contribution >= 4 is 5.84 Å². The number of nitrogens with zero attached hydrogens (tertiary/aromatic N) is 6. The maximum absolute atomic E-state index is 8.64. The standard InChI is InChI=1S/C9H11N7O/c1-6(7(10)15-17)8-13-5-14-16(8)9-11-3-2-4-12-9/h2-6,17H,1H3,(H2,10,15). The fraction of sp³-hybridized carbons (Fsp3) is 0.222. The van der Waals surface area contributed by atoms with Crippen molar-refractivity contribution in [2.24, 2.45) is 10.9 Å². The van der Waals surface area contributed by atoms with E-state index in [1.165, 1.54) is 11.0 Å². The molecule has 2 aromatic rings. The molecule has 0 saturated carbocycles. The summed E-state index contributed by atoms with van der Waals surface area (Å²) in [7, 11) is 0. The normalized spacial score (nSPS) is 13.6. The zero-order valence-electron chi connectivity index (χ0n) is 9.09. The van der Waals surface area contributed by atoms with Crippen molar-refractivity contribution in [3.8, 4) is 5.95 Å². The van der Waals surface area contributed by atoms with E-state index in [2.05, 4.69) is 25.2 Å². The lowest BCUT2D eigenvalue weighted by molar-refractivity contribution is 0.316. The Morgan fingerprint density at radius 2 is 2.12 bits per heavy atom. The van der Waals surface area contributed by atoms with Gasteiger partial charge in [-0.05, 0) is 13.0 Å². The van der Waals surface area contributed by atoms with Crippen LogP contribution in [0.5, 0.6) is 0 Å². The lowest BCUT2D eigenvalue weighted by atomic mass is 10.1. The van der Waals surface area contributed by atoms with Crippen LogP contribution in [-0.2, 0) is 0 Å². The van der Waals surface area contributed by atoms with Gasteiger partial charge in [0, 0.05) is 12.4 Å². The molecule has 0 aliphatic rings. The molecule has 0 radical (unpaired) electrons. The first-order valence-electron chi connectivity index (χ1n) is 4.88. The van der Waals surface area contributed by atoms with E-state index in [9.17, 15) is 0 Å². The monoisotopic (exact) mass is 233 g/mol. The van der Waals surface area contributed by atoms with Crippen LogP contribution in [0.2, 0.25) is 0 Å². The Morgan fingerprint density at radius 1 is 1.41 bits per heavy atom. The number of nitrogens with two attached hydrogens (primary N) is 1. The highest BCUT2D eigenvalue weighted by Gasteiger charge is 2.19. The van der Waals surface area contributed by atoms with Gasteiger partial charge in [-0.3, -0.25) is 0 Å². The molecule has 2 aromatic heterocycles. The molecule has 8 nitrogen and oxygen atoms in total. The first-order valence-corrected chi connectivity index (χ1v) is 4.88. The van der Waals surface area contributed by atoms with E-state index in [1.54, 1.807) is 25.4 Å². The van der Waals surface area contributed by atoms with E-state index >= 15 is 0 Å². The Bertz CT molecular complexity index is 521. The van der Waals surface area contributed by atoms with Gasteiger partial charge in [-0.25, -0.2) is 15.0 Å². The van der Waals surface area contributed by atoms with Crippen LogP contribution in [0, 0.1) is 0 Å². The molecule has 1 unspecified atom stereocenters. The first-order chi connectivity index (χ1) is 8.24. The van der Waals surface area contributed by atoms with Gasteiger partial charge in [0.25, 0.3) is 5.95 Å². The topological polar surface area (TPSA) is 115 Å². The molecule has 0 aromatic carbocycles. The fourth-order valence-corrected chi connectivity index (χ4v) is 1.32. The molecular weight excluding hydrogens is 222 g/mol. The summed E-state index contributed by atoms with van der Waals surface area (Å²) in [4.78, 5) is 12.2. The van der Waals surface area contributed by atoms with E-state index in [4.69, 9.17) is 10.9 Å². The third-order valence-corrected chi connectivity index (χ3v) is 2.26. The number of oxime groups is 1. The van der Waals surface area contributed by atoms with Gasteiger partial charge in [-0.15, -0.1) is 0 Å². The largest absolute Gasteiger partial charge is 0.409 e. The van der Waals surface area contributed by atoms with Crippen LogP contribution >= 0.6 is 0 Å². The molecule has 0 aliphatic carbocycles. The van der Waals surface area contributed by atoms with E-state index in [0.717, 1.165) is 0 Å². The Labute approximate surface area is 96.8 Å². The van der Waals surface area contributed by atoms with Crippen LogP contribution in [0.25, 0.3) is 5.95 Å². The number of hydrogen-bond acceptors (Lipinski definition) is 6. The molecular formula is C9H11N7O. The van der Waals surface area contributed by atoms with Gasteiger partial charge in [0.15, 0.2) is 0 Å². The Balaban J connectivity index is 2.42. The molecule has 1 atom stereocenters. The second-order valence-corrected chi connectivity index (χ2v) is 3.33. The molecule has 0 aliphatic heterocycles. The molecule has 0 saturated heterocycles. The van der Waals surface area contributed by atoms with Gasteiger partial charge >= 0.3 is 0 Å². The summed E-state index contributed by atoms with van der Waals surface area (Å²) in [6, 6.07) is 1.70. The second-order valence-electron chi connectivity index (χ2n) is 3.33. The maximum atomic E-state index is 8.64. The van der Waals surface area contributed by atoms with Crippen LogP contribution in [0.4, 0.5) is 0 Å². The van der Waals surface area contributed by atoms with E-state index in [0.29, 0.717) is 11.8 Å². The molecule has 88 valence electrons. The quantitative estimate of drug-likeness (QED) is 0.331. The van der Waals surface area contributed by atoms with Crippen LogP contribution in [-0.4, -0.2) is 35.8 Å². The summed E-state index contributed by atoms with van der Waals surface area (Å²) in [5.74, 6) is 0.561. The second kappa shape index (κ2) is 4.56. The highest BCUT2D eigenvalue weighted by atomic mass is 16.4. The van der Waals surface area contributed by atoms with Crippen molar-refractivity contribution in [3.63, 3.8) is 0 Å². The highest BCUT2D eigenvalue weighted by molar-refractivity contribution is 5.85. The number of aromatic nitrogens is 5. The number of amidine groups is 1. The fourth-order valence-electron chi connectivity index (χ4n) is 1.32. The van der Waals surface area contributed by atoms with Crippen LogP contribution in [0.3, 0.4) is 0 Å². The van der Waals surface area contributed by atoms with Crippen molar-refractivity contribution in [2.45, 2.75) is 12.8 Å². The van der Waals surface area contributed by atoms with Crippen molar-refractivity contribution in [1.29, 1.82) is 0 Å². The number of rotatable bonds is 3. The Hall–Kier alpha value is -2.51. The van der Waals surface area contributed by atoms with E-state index in [-0.39, 0.29) is 11.8 Å². The molecule has 0 fully saturated rings. The average Bonchev–Trinajstić information content (AvgIpc) is 2.87. The molecule has 0 amide bonds. The molecule has 2 heterocycles. The summed E-state index contributed by atoms with van der Waals surface area (Å²) < 4.78 is 1.45. The predicted molar refractivity (Wildman–Crippen MR) is 58.8 cm³/mol. The van der Waals surface area contributed by atoms with Crippen molar-refractivity contribution < 1.29 is 5.21 Å². The minimum Gasteiger partial charge on any atom is -0.409 e. The molecule has 0 spiro atoms. The lowest BCUT2D eigenvalue weighted by Gasteiger charge is -2.09. The molecule has 2 rings (SSSR count). The lowest BCUT2D eigenvalue weighted by Crippen LogP contribution is -2.23. The van der Waals surface area contributed by atoms with Gasteiger partial charge in [0.2, 0.25) is 0 Å². The molecule has 0 bridgehead atoms. The van der Waals surface area contributed by atoms with Gasteiger partial charge in [-0.2, -0.15) is 9.78 Å². The van der Waals surface area contributed by atoms with Crippen molar-refractivity contribution in [1.82, 2.24) is 24.7 Å². The van der Waals surface area contributed by atoms with Crippen molar-refractivity contribution in [3.05, 3.63) is 30.6 Å². The molecule has 8 heteroatoms. The van der Waals surface area contributed by atoms with Gasteiger partial charge < -0.3 is 10.9 Å². The zero-order chi connectivity index (χ0) is 12.3. The SMILES string of the molecule is CC(/C(N)=N\O)c1ncnn1-c1ncccn1. The van der Waals surface area contributed by atoms with Gasteiger partial charge in [0.05, 0.1) is 5.92 Å². The minimum absolute atomic E-state index is 0.0511. The van der Waals surface area contributed by atoms with Gasteiger partial charge in [-0.1, -0.05) is 5.16 Å². The molecule has 3 N–H and O–H groups in total. The summed E-state index contributed by atoms with van der Waals surface area (Å²) in [6.07, 6.45) is 4.57.